The predicted molar refractivity (Wildman–Crippen MR) is 118 cm³/mol. The number of aromatic amines is 1. The highest BCUT2D eigenvalue weighted by atomic mass is 32.2. The van der Waals surface area contributed by atoms with E-state index in [9.17, 15) is 37.5 Å². The van der Waals surface area contributed by atoms with Gasteiger partial charge in [0.05, 0.1) is 11.7 Å². The monoisotopic (exact) mass is 518 g/mol. The van der Waals surface area contributed by atoms with Crippen LogP contribution in [0.25, 0.3) is 0 Å². The van der Waals surface area contributed by atoms with Crippen LogP contribution in [-0.4, -0.2) is 80.6 Å². The number of nitrogens with zero attached hydrogens (tertiary/aromatic N) is 3. The van der Waals surface area contributed by atoms with Gasteiger partial charge in [0, 0.05) is 32.1 Å². The summed E-state index contributed by atoms with van der Waals surface area (Å²) in [6.07, 6.45) is -0.365. The molecule has 35 heavy (non-hydrogen) atoms. The van der Waals surface area contributed by atoms with Crippen molar-refractivity contribution in [3.05, 3.63) is 5.82 Å². The third-order valence-corrected chi connectivity index (χ3v) is 6.31. The molecule has 0 aliphatic rings. The number of ketones is 1. The quantitative estimate of drug-likeness (QED) is 0.160. The predicted octanol–water partition coefficient (Wildman–Crippen LogP) is -0.832. The van der Waals surface area contributed by atoms with Crippen LogP contribution in [0.1, 0.15) is 64.1 Å². The average molecular weight is 519 g/mol. The van der Waals surface area contributed by atoms with Gasteiger partial charge in [-0.15, -0.1) is 10.2 Å². The molecule has 0 aliphatic heterocycles. The molecule has 196 valence electrons. The smallest absolute Gasteiger partial charge is 0.326 e. The molecule has 2 amide bonds. The Hall–Kier alpha value is -3.43. The Morgan fingerprint density at radius 1 is 1.00 bits per heavy atom. The molecule has 1 aromatic rings. The summed E-state index contributed by atoms with van der Waals surface area (Å²) in [6.45, 7) is 1.62. The van der Waals surface area contributed by atoms with Gasteiger partial charge >= 0.3 is 11.9 Å². The number of nitrogens with one attached hydrogen (secondary N) is 3. The Bertz CT molecular complexity index is 981. The first-order chi connectivity index (χ1) is 16.4. The fraction of sp³-hybridized carbons (Fsp3) is 0.684. The minimum Gasteiger partial charge on any atom is -0.481 e. The standard InChI is InChI=1S/C19H30N6O9S/c1-2-12(18(29)30)11-13(26)8-9-14(19(31)32)20-16(27)7-4-10-35(33,34)23-17(28)6-3-5-15-21-24-25-22-15/h12,14H,2-11H2,1H3,(H,20,27)(H,23,28)(H,29,30)(H,31,32)(H,21,22,24,25). The number of tetrazole rings is 1. The number of carbonyl (C=O) groups is 5. The number of H-pyrrole nitrogens is 1. The number of aryl methyl sites for hydroxylation is 1. The number of amides is 2. The fourth-order valence-electron chi connectivity index (χ4n) is 3.01. The van der Waals surface area contributed by atoms with Gasteiger partial charge in [-0.3, -0.25) is 23.9 Å². The SMILES string of the molecule is CCC(CC(=O)CCC(NC(=O)CCCS(=O)(=O)NC(=O)CCCc1nn[nH]n1)C(=O)O)C(=O)O. The summed E-state index contributed by atoms with van der Waals surface area (Å²) in [4.78, 5) is 58.2. The Morgan fingerprint density at radius 3 is 2.26 bits per heavy atom. The molecule has 16 heteroatoms. The van der Waals surface area contributed by atoms with Gasteiger partial charge in [-0.2, -0.15) is 5.21 Å². The van der Waals surface area contributed by atoms with Crippen molar-refractivity contribution in [1.29, 1.82) is 0 Å². The fourth-order valence-corrected chi connectivity index (χ4v) is 4.08. The highest BCUT2D eigenvalue weighted by Gasteiger charge is 2.24. The normalized spacial score (nSPS) is 12.9. The lowest BCUT2D eigenvalue weighted by atomic mass is 9.96. The van der Waals surface area contributed by atoms with Gasteiger partial charge in [0.2, 0.25) is 21.8 Å². The maximum absolute atomic E-state index is 12.0. The zero-order valence-corrected chi connectivity index (χ0v) is 20.0. The molecular formula is C19H30N6O9S. The molecule has 1 aromatic heterocycles. The first-order valence-corrected chi connectivity index (χ1v) is 12.6. The average Bonchev–Trinajstić information content (AvgIpc) is 3.27. The summed E-state index contributed by atoms with van der Waals surface area (Å²) in [7, 11) is -3.99. The largest absolute Gasteiger partial charge is 0.481 e. The van der Waals surface area contributed by atoms with Crippen molar-refractivity contribution in [2.75, 3.05) is 5.75 Å². The number of aromatic nitrogens is 4. The Kier molecular flexibility index (Phi) is 12.5. The van der Waals surface area contributed by atoms with Crippen LogP contribution < -0.4 is 10.0 Å². The van der Waals surface area contributed by atoms with Crippen LogP contribution in [-0.2, 0) is 40.4 Å². The first-order valence-electron chi connectivity index (χ1n) is 11.0. The molecule has 2 unspecified atom stereocenters. The lowest BCUT2D eigenvalue weighted by Gasteiger charge is -2.15. The van der Waals surface area contributed by atoms with Crippen molar-refractivity contribution in [1.82, 2.24) is 30.7 Å². The summed E-state index contributed by atoms with van der Waals surface area (Å²) in [6, 6.07) is -1.38. The topological polar surface area (TPSA) is 238 Å². The van der Waals surface area contributed by atoms with E-state index < -0.39 is 57.3 Å². The zero-order chi connectivity index (χ0) is 26.4. The van der Waals surface area contributed by atoms with Crippen LogP contribution in [0.5, 0.6) is 0 Å². The first kappa shape index (κ1) is 29.6. The number of hydrogen-bond donors (Lipinski definition) is 5. The molecule has 1 rings (SSSR count). The molecule has 0 saturated carbocycles. The third kappa shape index (κ3) is 12.6. The molecule has 0 aromatic carbocycles. The summed E-state index contributed by atoms with van der Waals surface area (Å²) in [5.74, 6) is -5.37. The number of carboxylic acids is 2. The van der Waals surface area contributed by atoms with E-state index in [4.69, 9.17) is 5.11 Å². The Morgan fingerprint density at radius 2 is 1.69 bits per heavy atom. The number of aliphatic carboxylic acids is 2. The number of hydrogen-bond acceptors (Lipinski definition) is 10. The number of carboxylic acid groups (broad SMARTS) is 2. The molecular weight excluding hydrogens is 488 g/mol. The van der Waals surface area contributed by atoms with Gasteiger partial charge in [0.15, 0.2) is 5.82 Å². The minimum atomic E-state index is -3.99. The molecule has 0 spiro atoms. The van der Waals surface area contributed by atoms with Gasteiger partial charge in [-0.1, -0.05) is 12.1 Å². The maximum Gasteiger partial charge on any atom is 0.326 e. The number of sulfonamides is 1. The molecule has 0 saturated heterocycles. The van der Waals surface area contributed by atoms with Crippen molar-refractivity contribution in [3.63, 3.8) is 0 Å². The lowest BCUT2D eigenvalue weighted by Crippen LogP contribution is -2.41. The number of Topliss-reactive ketones (excluding diaryl/α,β-unsaturated/α-hetero) is 1. The second-order valence-electron chi connectivity index (χ2n) is 7.81. The van der Waals surface area contributed by atoms with Crippen LogP contribution in [0.3, 0.4) is 0 Å². The third-order valence-electron chi connectivity index (χ3n) is 4.94. The van der Waals surface area contributed by atoms with Crippen LogP contribution >= 0.6 is 0 Å². The molecule has 0 aliphatic carbocycles. The van der Waals surface area contributed by atoms with E-state index in [0.29, 0.717) is 18.7 Å². The highest BCUT2D eigenvalue weighted by molar-refractivity contribution is 7.90. The maximum atomic E-state index is 12.0. The van der Waals surface area contributed by atoms with E-state index in [1.807, 2.05) is 4.72 Å². The Labute approximate surface area is 201 Å². The van der Waals surface area contributed by atoms with Crippen LogP contribution in [0.2, 0.25) is 0 Å². The molecule has 1 heterocycles. The number of carbonyl (C=O) groups excluding carboxylic acids is 3. The van der Waals surface area contributed by atoms with Crippen LogP contribution in [0.4, 0.5) is 0 Å². The van der Waals surface area contributed by atoms with Gasteiger partial charge in [0.1, 0.15) is 11.8 Å². The second-order valence-corrected chi connectivity index (χ2v) is 9.65. The van der Waals surface area contributed by atoms with E-state index in [-0.39, 0.29) is 44.9 Å². The molecule has 0 fully saturated rings. The van der Waals surface area contributed by atoms with E-state index in [1.165, 1.54) is 0 Å². The highest BCUT2D eigenvalue weighted by Crippen LogP contribution is 2.12. The summed E-state index contributed by atoms with van der Waals surface area (Å²) < 4.78 is 25.9. The van der Waals surface area contributed by atoms with Gasteiger partial charge < -0.3 is 15.5 Å². The van der Waals surface area contributed by atoms with E-state index in [2.05, 4.69) is 25.9 Å². The molecule has 0 radical (unpaired) electrons. The van der Waals surface area contributed by atoms with Crippen molar-refractivity contribution < 1.29 is 42.6 Å². The van der Waals surface area contributed by atoms with E-state index in [1.54, 1.807) is 6.92 Å². The zero-order valence-electron chi connectivity index (χ0n) is 19.2. The molecule has 15 nitrogen and oxygen atoms in total. The van der Waals surface area contributed by atoms with Crippen molar-refractivity contribution in [2.24, 2.45) is 5.92 Å². The van der Waals surface area contributed by atoms with Crippen molar-refractivity contribution in [3.8, 4) is 0 Å². The van der Waals surface area contributed by atoms with Crippen LogP contribution in [0.15, 0.2) is 0 Å². The van der Waals surface area contributed by atoms with Crippen molar-refractivity contribution >= 4 is 39.6 Å². The van der Waals surface area contributed by atoms with Crippen molar-refractivity contribution in [2.45, 2.75) is 70.8 Å². The Balaban J connectivity index is 2.37. The molecule has 5 N–H and O–H groups in total. The van der Waals surface area contributed by atoms with Gasteiger partial charge in [-0.05, 0) is 25.7 Å². The van der Waals surface area contributed by atoms with Gasteiger partial charge in [-0.25, -0.2) is 13.2 Å². The van der Waals surface area contributed by atoms with Crippen LogP contribution in [0, 0.1) is 5.92 Å². The minimum absolute atomic E-state index is 0.0846. The summed E-state index contributed by atoms with van der Waals surface area (Å²) in [5, 5.41) is 33.5. The van der Waals surface area contributed by atoms with E-state index >= 15 is 0 Å². The van der Waals surface area contributed by atoms with Gasteiger partial charge in [0.25, 0.3) is 0 Å². The molecule has 0 bridgehead atoms. The number of rotatable bonds is 18. The second kappa shape index (κ2) is 14.7. The van der Waals surface area contributed by atoms with E-state index in [0.717, 1.165) is 0 Å². The summed E-state index contributed by atoms with van der Waals surface area (Å²) in [5.41, 5.74) is 0. The lowest BCUT2D eigenvalue weighted by molar-refractivity contribution is -0.144. The summed E-state index contributed by atoms with van der Waals surface area (Å²) >= 11 is 0. The molecule has 2 atom stereocenters.